The molecule has 0 N–H and O–H groups in total. The van der Waals surface area contributed by atoms with Gasteiger partial charge in [-0.15, -0.1) is 0 Å². The lowest BCUT2D eigenvalue weighted by molar-refractivity contribution is -0.348. The van der Waals surface area contributed by atoms with Crippen LogP contribution in [-0.2, 0) is 11.8 Å². The largest absolute Gasteiger partial charge is 0.435 e. The Bertz CT molecular complexity index is 909. The minimum Gasteiger partial charge on any atom is -0.218 e. The third-order valence-corrected chi connectivity index (χ3v) is 4.60. The topological polar surface area (TPSA) is 0 Å². The van der Waals surface area contributed by atoms with Crippen molar-refractivity contribution < 1.29 is 43.9 Å². The quantitative estimate of drug-likeness (QED) is 0.347. The predicted octanol–water partition coefficient (Wildman–Crippen LogP) is 6.73. The number of alkyl halides is 10. The summed E-state index contributed by atoms with van der Waals surface area (Å²) >= 11 is 0. The van der Waals surface area contributed by atoms with Crippen molar-refractivity contribution in [3.63, 3.8) is 0 Å². The van der Waals surface area contributed by atoms with Crippen LogP contribution in [0.4, 0.5) is 43.9 Å². The minimum atomic E-state index is -6.53. The molecule has 1 unspecified atom stereocenters. The van der Waals surface area contributed by atoms with E-state index in [0.29, 0.717) is 17.1 Å². The van der Waals surface area contributed by atoms with E-state index in [4.69, 9.17) is 0 Å². The van der Waals surface area contributed by atoms with Gasteiger partial charge in [-0.25, -0.2) is 4.39 Å². The summed E-state index contributed by atoms with van der Waals surface area (Å²) in [7, 11) is 1.33. The van der Waals surface area contributed by atoms with Gasteiger partial charge in [-0.3, -0.25) is 0 Å². The summed E-state index contributed by atoms with van der Waals surface area (Å²) in [5, 5.41) is 0. The molecule has 0 fully saturated rings. The molecule has 1 atom stereocenters. The van der Waals surface area contributed by atoms with E-state index in [9.17, 15) is 43.9 Å². The summed E-state index contributed by atoms with van der Waals surface area (Å²) < 4.78 is 132. The molecule has 0 saturated heterocycles. The van der Waals surface area contributed by atoms with Crippen molar-refractivity contribution in [1.82, 2.24) is 0 Å². The predicted molar refractivity (Wildman–Crippen MR) is 96.7 cm³/mol. The monoisotopic (exact) mass is 455 g/mol. The third kappa shape index (κ3) is 5.07. The number of hydrogen-bond donors (Lipinski definition) is 0. The Morgan fingerprint density at radius 1 is 0.774 bits per heavy atom. The molecule has 0 bridgehead atoms. The summed E-state index contributed by atoms with van der Waals surface area (Å²) in [6, 6.07) is 6.37. The van der Waals surface area contributed by atoms with Crippen LogP contribution < -0.4 is 5.46 Å². The fraction of sp³-hybridized carbons (Fsp3) is 0.300. The first-order valence-corrected chi connectivity index (χ1v) is 8.63. The second-order valence-corrected chi connectivity index (χ2v) is 6.82. The van der Waals surface area contributed by atoms with Gasteiger partial charge in [-0.05, 0) is 23.5 Å². The average Bonchev–Trinajstić information content (AvgIpc) is 2.65. The van der Waals surface area contributed by atoms with Gasteiger partial charge in [0.15, 0.2) is 7.28 Å². The molecule has 0 aromatic heterocycles. The highest BCUT2D eigenvalue weighted by Gasteiger charge is 2.73. The average molecular weight is 455 g/mol. The fourth-order valence-corrected chi connectivity index (χ4v) is 2.89. The first-order valence-electron chi connectivity index (χ1n) is 8.63. The first kappa shape index (κ1) is 24.8. The molecular formula is C20H14BF10. The van der Waals surface area contributed by atoms with Crippen LogP contribution in [0, 0.1) is 0 Å². The molecule has 167 valence electrons. The Morgan fingerprint density at radius 2 is 1.26 bits per heavy atom. The molecule has 2 rings (SSSR count). The smallest absolute Gasteiger partial charge is 0.218 e. The summed E-state index contributed by atoms with van der Waals surface area (Å²) in [6.45, 7) is 4.80. The molecule has 0 heterocycles. The zero-order valence-corrected chi connectivity index (χ0v) is 15.8. The normalized spacial score (nSPS) is 14.3. The van der Waals surface area contributed by atoms with Crippen LogP contribution in [0.15, 0.2) is 49.0 Å². The second-order valence-electron chi connectivity index (χ2n) is 6.82. The van der Waals surface area contributed by atoms with Gasteiger partial charge in [-0.2, -0.15) is 39.5 Å². The Hall–Kier alpha value is -2.46. The zero-order valence-electron chi connectivity index (χ0n) is 15.8. The molecule has 0 aliphatic heterocycles. The molecule has 11 heteroatoms. The van der Waals surface area contributed by atoms with E-state index in [2.05, 4.69) is 6.58 Å². The van der Waals surface area contributed by atoms with Crippen molar-refractivity contribution in [2.24, 2.45) is 0 Å². The van der Waals surface area contributed by atoms with E-state index in [0.717, 1.165) is 0 Å². The molecule has 31 heavy (non-hydrogen) atoms. The minimum absolute atomic E-state index is 0.162. The van der Waals surface area contributed by atoms with Gasteiger partial charge in [0.2, 0.25) is 0 Å². The Balaban J connectivity index is 2.61. The number of hydrogen-bond acceptors (Lipinski definition) is 0. The third-order valence-electron chi connectivity index (χ3n) is 4.60. The van der Waals surface area contributed by atoms with Gasteiger partial charge < -0.3 is 0 Å². The van der Waals surface area contributed by atoms with Crippen LogP contribution in [0.3, 0.4) is 0 Å². The molecule has 0 saturated carbocycles. The maximum atomic E-state index is 14.4. The zero-order chi connectivity index (χ0) is 23.8. The summed E-state index contributed by atoms with van der Waals surface area (Å²) in [5.74, 6) is -1.07. The van der Waals surface area contributed by atoms with Crippen LogP contribution in [0.5, 0.6) is 0 Å². The lowest BCUT2D eigenvalue weighted by Crippen LogP contribution is -2.50. The molecule has 0 amide bonds. The summed E-state index contributed by atoms with van der Waals surface area (Å²) in [6.07, 6.45) is -16.8. The van der Waals surface area contributed by atoms with E-state index in [1.54, 1.807) is 12.1 Å². The lowest BCUT2D eigenvalue weighted by Gasteiger charge is -2.31. The summed E-state index contributed by atoms with van der Waals surface area (Å²) in [5.41, 5.74) is -9.38. The maximum absolute atomic E-state index is 14.4. The van der Waals surface area contributed by atoms with Crippen molar-refractivity contribution >= 4 is 18.8 Å². The van der Waals surface area contributed by atoms with Crippen LogP contribution in [0.25, 0.3) is 6.08 Å². The van der Waals surface area contributed by atoms with E-state index < -0.39 is 52.8 Å². The van der Waals surface area contributed by atoms with E-state index in [-0.39, 0.29) is 6.07 Å². The van der Waals surface area contributed by atoms with Crippen molar-refractivity contribution in [3.8, 4) is 0 Å². The molecule has 0 aliphatic carbocycles. The van der Waals surface area contributed by atoms with Crippen LogP contribution in [-0.4, -0.2) is 19.6 Å². The van der Waals surface area contributed by atoms with Gasteiger partial charge in [0, 0.05) is 5.56 Å². The Kier molecular flexibility index (Phi) is 6.59. The SMILES string of the molecule is C=Cc1ccc([B]C(C)c2cc(C(F)(F)F)cc(C(F)(C(F)(F)F)C(F)(F)F)c2)cc1. The van der Waals surface area contributed by atoms with Crippen molar-refractivity contribution in [2.45, 2.75) is 36.9 Å². The first-order chi connectivity index (χ1) is 14.0. The highest BCUT2D eigenvalue weighted by atomic mass is 19.4. The number of halogens is 10. The summed E-state index contributed by atoms with van der Waals surface area (Å²) in [4.78, 5) is 0. The van der Waals surface area contributed by atoms with E-state index in [1.165, 1.54) is 32.4 Å². The van der Waals surface area contributed by atoms with Gasteiger partial charge >= 0.3 is 24.2 Å². The van der Waals surface area contributed by atoms with Gasteiger partial charge in [0.05, 0.1) is 5.56 Å². The van der Waals surface area contributed by atoms with Gasteiger partial charge in [-0.1, -0.05) is 60.9 Å². The Labute approximate surface area is 171 Å². The molecular weight excluding hydrogens is 441 g/mol. The molecule has 2 aromatic rings. The molecule has 0 spiro atoms. The fourth-order valence-electron chi connectivity index (χ4n) is 2.89. The van der Waals surface area contributed by atoms with Crippen molar-refractivity contribution in [3.05, 3.63) is 71.3 Å². The highest BCUT2D eigenvalue weighted by molar-refractivity contribution is 6.54. The van der Waals surface area contributed by atoms with Gasteiger partial charge in [0.25, 0.3) is 0 Å². The molecule has 0 aliphatic rings. The van der Waals surface area contributed by atoms with Crippen molar-refractivity contribution in [1.29, 1.82) is 0 Å². The molecule has 1 radical (unpaired) electrons. The standard InChI is InChI=1S/C20H14BF10/c1-3-12-4-6-16(7-5-12)21-11(2)13-8-14(10-15(9-13)18(23,24)25)17(22,19(26,27)28)20(29,30)31/h3-11H,1H2,2H3. The second kappa shape index (κ2) is 8.24. The van der Waals surface area contributed by atoms with Crippen LogP contribution in [0.1, 0.15) is 35.0 Å². The van der Waals surface area contributed by atoms with Crippen LogP contribution in [0.2, 0.25) is 0 Å². The number of rotatable bonds is 5. The van der Waals surface area contributed by atoms with Crippen molar-refractivity contribution in [2.75, 3.05) is 0 Å². The maximum Gasteiger partial charge on any atom is 0.435 e. The highest BCUT2D eigenvalue weighted by Crippen LogP contribution is 2.54. The lowest BCUT2D eigenvalue weighted by atomic mass is 9.57. The van der Waals surface area contributed by atoms with E-state index in [1.807, 2.05) is 0 Å². The van der Waals surface area contributed by atoms with E-state index >= 15 is 0 Å². The molecule has 2 aromatic carbocycles. The number of benzene rings is 2. The van der Waals surface area contributed by atoms with Crippen LogP contribution >= 0.6 is 0 Å². The van der Waals surface area contributed by atoms with Gasteiger partial charge in [0.1, 0.15) is 0 Å². The Morgan fingerprint density at radius 3 is 1.68 bits per heavy atom. The molecule has 0 nitrogen and oxygen atoms in total.